The molecule has 6 nitrogen and oxygen atoms in total. The average Bonchev–Trinajstić information content (AvgIpc) is 2.30. The van der Waals surface area contributed by atoms with Crippen LogP contribution in [-0.4, -0.2) is 50.2 Å². The van der Waals surface area contributed by atoms with Gasteiger partial charge >= 0.3 is 5.97 Å². The van der Waals surface area contributed by atoms with Crippen molar-refractivity contribution in [3.63, 3.8) is 0 Å². The molecule has 0 fully saturated rings. The molecule has 2 N–H and O–H groups in total. The van der Waals surface area contributed by atoms with E-state index in [0.717, 1.165) is 10.4 Å². The van der Waals surface area contributed by atoms with Crippen molar-refractivity contribution in [3.05, 3.63) is 29.6 Å². The third kappa shape index (κ3) is 4.18. The van der Waals surface area contributed by atoms with E-state index in [4.69, 9.17) is 5.11 Å². The molecule has 0 heterocycles. The molecule has 0 aliphatic rings. The molecule has 106 valence electrons. The van der Waals surface area contributed by atoms with Crippen LogP contribution in [0.1, 0.15) is 10.4 Å². The molecule has 1 aromatic rings. The third-order valence-electron chi connectivity index (χ3n) is 2.45. The molecular weight excluding hydrogens is 275 g/mol. The highest BCUT2D eigenvalue weighted by molar-refractivity contribution is 7.89. The number of hydrogen-bond donors (Lipinski definition) is 2. The van der Waals surface area contributed by atoms with Crippen molar-refractivity contribution in [1.29, 1.82) is 0 Å². The molecule has 0 aromatic heterocycles. The lowest BCUT2D eigenvalue weighted by Gasteiger charge is -2.12. The van der Waals surface area contributed by atoms with Crippen LogP contribution in [0.5, 0.6) is 0 Å². The smallest absolute Gasteiger partial charge is 0.335 e. The number of benzene rings is 1. The van der Waals surface area contributed by atoms with Gasteiger partial charge in [-0.25, -0.2) is 21.9 Å². The molecule has 0 aliphatic carbocycles. The fourth-order valence-electron chi connectivity index (χ4n) is 1.29. The van der Waals surface area contributed by atoms with Gasteiger partial charge in [-0.2, -0.15) is 0 Å². The Morgan fingerprint density at radius 3 is 2.53 bits per heavy atom. The number of anilines is 1. The van der Waals surface area contributed by atoms with Gasteiger partial charge in [0, 0.05) is 20.6 Å². The Morgan fingerprint density at radius 1 is 1.42 bits per heavy atom. The predicted molar refractivity (Wildman–Crippen MR) is 69.3 cm³/mol. The van der Waals surface area contributed by atoms with Crippen LogP contribution >= 0.6 is 0 Å². The van der Waals surface area contributed by atoms with Gasteiger partial charge in [-0.15, -0.1) is 0 Å². The normalized spacial score (nSPS) is 11.6. The quantitative estimate of drug-likeness (QED) is 0.810. The number of aromatic carboxylic acids is 1. The van der Waals surface area contributed by atoms with Crippen molar-refractivity contribution < 1.29 is 22.7 Å². The van der Waals surface area contributed by atoms with Crippen molar-refractivity contribution in [1.82, 2.24) is 4.31 Å². The second kappa shape index (κ2) is 5.98. The Bertz CT molecular complexity index is 572. The van der Waals surface area contributed by atoms with Gasteiger partial charge in [-0.1, -0.05) is 0 Å². The highest BCUT2D eigenvalue weighted by Gasteiger charge is 2.13. The largest absolute Gasteiger partial charge is 0.478 e. The average molecular weight is 290 g/mol. The first-order valence-electron chi connectivity index (χ1n) is 5.41. The van der Waals surface area contributed by atoms with E-state index in [0.29, 0.717) is 0 Å². The van der Waals surface area contributed by atoms with Gasteiger partial charge in [0.25, 0.3) is 0 Å². The Labute approximate surface area is 110 Å². The first kappa shape index (κ1) is 15.4. The molecule has 0 saturated heterocycles. The Hall–Kier alpha value is -1.67. The molecule has 0 aliphatic heterocycles. The molecule has 0 amide bonds. The van der Waals surface area contributed by atoms with Crippen LogP contribution in [0.3, 0.4) is 0 Å². The number of carboxylic acids is 1. The Morgan fingerprint density at radius 2 is 2.05 bits per heavy atom. The van der Waals surface area contributed by atoms with E-state index >= 15 is 0 Å². The molecule has 0 atom stereocenters. The van der Waals surface area contributed by atoms with E-state index in [1.807, 2.05) is 0 Å². The lowest BCUT2D eigenvalue weighted by atomic mass is 10.2. The number of nitrogens with one attached hydrogen (secondary N) is 1. The number of halogens is 1. The SMILES string of the molecule is CN(C)S(=O)(=O)CCNc1ccc(C(=O)O)cc1F. The van der Waals surface area contributed by atoms with Crippen molar-refractivity contribution in [2.45, 2.75) is 0 Å². The standard InChI is InChI=1S/C11H15FN2O4S/c1-14(2)19(17,18)6-5-13-10-4-3-8(11(15)16)7-9(10)12/h3-4,7,13H,5-6H2,1-2H3,(H,15,16). The Kier molecular flexibility index (Phi) is 4.84. The van der Waals surface area contributed by atoms with Gasteiger partial charge in [0.2, 0.25) is 10.0 Å². The lowest BCUT2D eigenvalue weighted by molar-refractivity contribution is 0.0696. The van der Waals surface area contributed by atoms with Crippen LogP contribution in [0.15, 0.2) is 18.2 Å². The number of carboxylic acid groups (broad SMARTS) is 1. The molecule has 0 saturated carbocycles. The summed E-state index contributed by atoms with van der Waals surface area (Å²) in [7, 11) is -0.520. The molecule has 0 bridgehead atoms. The zero-order valence-electron chi connectivity index (χ0n) is 10.6. The Balaban J connectivity index is 2.67. The first-order valence-corrected chi connectivity index (χ1v) is 7.02. The van der Waals surface area contributed by atoms with Crippen LogP contribution < -0.4 is 5.32 Å². The molecular formula is C11H15FN2O4S. The summed E-state index contributed by atoms with van der Waals surface area (Å²) < 4.78 is 37.5. The van der Waals surface area contributed by atoms with Crippen LogP contribution in [0, 0.1) is 5.82 Å². The fraction of sp³-hybridized carbons (Fsp3) is 0.364. The minimum absolute atomic E-state index is 0.0316. The summed E-state index contributed by atoms with van der Waals surface area (Å²) in [6.07, 6.45) is 0. The molecule has 1 aromatic carbocycles. The highest BCUT2D eigenvalue weighted by atomic mass is 32.2. The second-order valence-electron chi connectivity index (χ2n) is 4.02. The maximum absolute atomic E-state index is 13.5. The van der Waals surface area contributed by atoms with Crippen molar-refractivity contribution in [2.75, 3.05) is 31.7 Å². The molecule has 0 spiro atoms. The van der Waals surface area contributed by atoms with Gasteiger partial charge in [0.15, 0.2) is 0 Å². The van der Waals surface area contributed by atoms with Crippen LogP contribution in [0.25, 0.3) is 0 Å². The predicted octanol–water partition coefficient (Wildman–Crippen LogP) is 0.827. The van der Waals surface area contributed by atoms with Crippen molar-refractivity contribution in [2.24, 2.45) is 0 Å². The van der Waals surface area contributed by atoms with Gasteiger partial charge in [0.1, 0.15) is 5.82 Å². The van der Waals surface area contributed by atoms with E-state index < -0.39 is 21.8 Å². The molecule has 0 radical (unpaired) electrons. The van der Waals surface area contributed by atoms with Crippen molar-refractivity contribution in [3.8, 4) is 0 Å². The number of rotatable bonds is 6. The second-order valence-corrected chi connectivity index (χ2v) is 6.33. The van der Waals surface area contributed by atoms with Gasteiger partial charge < -0.3 is 10.4 Å². The van der Waals surface area contributed by atoms with E-state index in [1.54, 1.807) is 0 Å². The summed E-state index contributed by atoms with van der Waals surface area (Å²) in [5.41, 5.74) is -0.0945. The van der Waals surface area contributed by atoms with Crippen LogP contribution in [0.4, 0.5) is 10.1 Å². The number of hydrogen-bond acceptors (Lipinski definition) is 4. The van der Waals surface area contributed by atoms with Gasteiger partial charge in [-0.3, -0.25) is 0 Å². The van der Waals surface area contributed by atoms with E-state index in [-0.39, 0.29) is 23.5 Å². The maximum Gasteiger partial charge on any atom is 0.335 e. The van der Waals surface area contributed by atoms with Gasteiger partial charge in [-0.05, 0) is 18.2 Å². The highest BCUT2D eigenvalue weighted by Crippen LogP contribution is 2.15. The minimum atomic E-state index is -3.35. The van der Waals surface area contributed by atoms with Crippen molar-refractivity contribution >= 4 is 21.7 Å². The zero-order valence-corrected chi connectivity index (χ0v) is 11.4. The van der Waals surface area contributed by atoms with Gasteiger partial charge in [0.05, 0.1) is 17.0 Å². The summed E-state index contributed by atoms with van der Waals surface area (Å²) in [5.74, 6) is -2.14. The minimum Gasteiger partial charge on any atom is -0.478 e. The topological polar surface area (TPSA) is 86.7 Å². The third-order valence-corrected chi connectivity index (χ3v) is 4.28. The number of nitrogens with zero attached hydrogens (tertiary/aromatic N) is 1. The summed E-state index contributed by atoms with van der Waals surface area (Å²) in [6, 6.07) is 3.39. The van der Waals surface area contributed by atoms with E-state index in [9.17, 15) is 17.6 Å². The monoisotopic (exact) mass is 290 g/mol. The zero-order chi connectivity index (χ0) is 14.6. The summed E-state index contributed by atoms with van der Waals surface area (Å²) in [4.78, 5) is 10.6. The molecule has 1 rings (SSSR count). The number of sulfonamides is 1. The molecule has 19 heavy (non-hydrogen) atoms. The first-order chi connectivity index (χ1) is 8.74. The maximum atomic E-state index is 13.5. The number of carbonyl (C=O) groups is 1. The van der Waals surface area contributed by atoms with E-state index in [2.05, 4.69) is 5.32 Å². The van der Waals surface area contributed by atoms with Crippen LogP contribution in [-0.2, 0) is 10.0 Å². The fourth-order valence-corrected chi connectivity index (χ4v) is 2.01. The summed E-state index contributed by atoms with van der Waals surface area (Å²) >= 11 is 0. The molecule has 8 heteroatoms. The lowest BCUT2D eigenvalue weighted by Crippen LogP contribution is -2.28. The summed E-state index contributed by atoms with van der Waals surface area (Å²) in [5, 5.41) is 11.3. The summed E-state index contributed by atoms with van der Waals surface area (Å²) in [6.45, 7) is 0.0316. The van der Waals surface area contributed by atoms with E-state index in [1.165, 1.54) is 26.2 Å². The van der Waals surface area contributed by atoms with Crippen LogP contribution in [0.2, 0.25) is 0 Å². The molecule has 0 unspecified atom stereocenters.